The lowest BCUT2D eigenvalue weighted by atomic mass is 9.94. The van der Waals surface area contributed by atoms with E-state index < -0.39 is 0 Å². The van der Waals surface area contributed by atoms with Gasteiger partial charge < -0.3 is 11.1 Å². The molecular weight excluding hydrogens is 236 g/mol. The summed E-state index contributed by atoms with van der Waals surface area (Å²) in [6.45, 7) is 5.03. The van der Waals surface area contributed by atoms with Crippen molar-refractivity contribution < 1.29 is 4.79 Å². The lowest BCUT2D eigenvalue weighted by molar-refractivity contribution is -0.122. The van der Waals surface area contributed by atoms with Gasteiger partial charge in [0.1, 0.15) is 0 Å². The summed E-state index contributed by atoms with van der Waals surface area (Å²) >= 11 is 0. The molecule has 3 nitrogen and oxygen atoms in total. The number of carbonyl (C=O) groups is 1. The highest BCUT2D eigenvalue weighted by Crippen LogP contribution is 2.65. The minimum Gasteiger partial charge on any atom is -0.353 e. The molecule has 0 aromatic carbocycles. The van der Waals surface area contributed by atoms with Gasteiger partial charge in [0.2, 0.25) is 5.91 Å². The lowest BCUT2D eigenvalue weighted by Crippen LogP contribution is -2.33. The van der Waals surface area contributed by atoms with Gasteiger partial charge in [0.15, 0.2) is 0 Å². The summed E-state index contributed by atoms with van der Waals surface area (Å²) in [7, 11) is 0. The molecule has 4 unspecified atom stereocenters. The molecule has 3 aliphatic carbocycles. The fourth-order valence-electron chi connectivity index (χ4n) is 4.95. The summed E-state index contributed by atoms with van der Waals surface area (Å²) in [5.74, 6) is 4.76. The van der Waals surface area contributed by atoms with Crippen LogP contribution in [0.2, 0.25) is 0 Å². The Labute approximate surface area is 116 Å². The van der Waals surface area contributed by atoms with Crippen LogP contribution in [-0.4, -0.2) is 18.5 Å². The summed E-state index contributed by atoms with van der Waals surface area (Å²) in [6.07, 6.45) is 5.96. The molecule has 0 aromatic heterocycles. The third kappa shape index (κ3) is 2.54. The van der Waals surface area contributed by atoms with Gasteiger partial charge in [-0.1, -0.05) is 13.8 Å². The third-order valence-electron chi connectivity index (χ3n) is 5.68. The lowest BCUT2D eigenvalue weighted by Gasteiger charge is -2.17. The minimum absolute atomic E-state index is 0.245. The highest BCUT2D eigenvalue weighted by atomic mass is 16.1. The summed E-state index contributed by atoms with van der Waals surface area (Å²) in [4.78, 5) is 12.1. The fourth-order valence-corrected chi connectivity index (χ4v) is 4.95. The van der Waals surface area contributed by atoms with Crippen LogP contribution in [0.15, 0.2) is 0 Å². The van der Waals surface area contributed by atoms with Crippen molar-refractivity contribution in [3.63, 3.8) is 0 Å². The molecule has 2 bridgehead atoms. The molecule has 3 heteroatoms. The molecule has 3 fully saturated rings. The minimum atomic E-state index is 0.245. The zero-order valence-electron chi connectivity index (χ0n) is 12.3. The molecule has 0 aliphatic heterocycles. The van der Waals surface area contributed by atoms with Crippen molar-refractivity contribution in [1.82, 2.24) is 5.32 Å². The first kappa shape index (κ1) is 13.4. The molecular formula is C16H28N2O. The Hall–Kier alpha value is -0.570. The number of hydrogen-bond acceptors (Lipinski definition) is 2. The molecule has 0 radical (unpaired) electrons. The number of rotatable bonds is 6. The van der Waals surface area contributed by atoms with E-state index in [9.17, 15) is 4.79 Å². The van der Waals surface area contributed by atoms with Crippen molar-refractivity contribution in [3.05, 3.63) is 0 Å². The summed E-state index contributed by atoms with van der Waals surface area (Å²) in [6, 6.07) is 0.524. The zero-order valence-corrected chi connectivity index (χ0v) is 12.3. The molecule has 19 heavy (non-hydrogen) atoms. The van der Waals surface area contributed by atoms with E-state index >= 15 is 0 Å². The standard InChI is InChI=1S/C16H28N2O/c1-9(2)5-10(8-17)6-13(19)18-16-14-11-3-4-12(7-11)15(14)16/h9-12,14-16H,3-8,17H2,1-2H3,(H,18,19)/t10-,11?,12?,14?,15?,16?/m0/s1. The predicted octanol–water partition coefficient (Wildman–Crippen LogP) is 2.16. The molecule has 0 saturated heterocycles. The van der Waals surface area contributed by atoms with Crippen molar-refractivity contribution in [2.45, 2.75) is 52.0 Å². The Morgan fingerprint density at radius 1 is 1.26 bits per heavy atom. The number of carbonyl (C=O) groups excluding carboxylic acids is 1. The Bertz CT molecular complexity index is 339. The van der Waals surface area contributed by atoms with Crippen LogP contribution in [0.4, 0.5) is 0 Å². The average Bonchev–Trinajstić information content (AvgIpc) is 2.75. The summed E-state index contributed by atoms with van der Waals surface area (Å²) in [5, 5.41) is 3.30. The molecule has 3 rings (SSSR count). The van der Waals surface area contributed by atoms with Crippen LogP contribution in [0.25, 0.3) is 0 Å². The highest BCUT2D eigenvalue weighted by Gasteiger charge is 2.65. The second-order valence-corrected chi connectivity index (χ2v) is 7.52. The van der Waals surface area contributed by atoms with Crippen molar-refractivity contribution in [3.8, 4) is 0 Å². The molecule has 0 heterocycles. The Morgan fingerprint density at radius 3 is 2.42 bits per heavy atom. The van der Waals surface area contributed by atoms with Gasteiger partial charge in [-0.15, -0.1) is 0 Å². The van der Waals surface area contributed by atoms with Gasteiger partial charge in [0.05, 0.1) is 0 Å². The fraction of sp³-hybridized carbons (Fsp3) is 0.938. The van der Waals surface area contributed by atoms with Gasteiger partial charge in [-0.2, -0.15) is 0 Å². The largest absolute Gasteiger partial charge is 0.353 e. The van der Waals surface area contributed by atoms with Crippen LogP contribution in [-0.2, 0) is 4.79 Å². The Morgan fingerprint density at radius 2 is 1.89 bits per heavy atom. The van der Waals surface area contributed by atoms with E-state index in [1.807, 2.05) is 0 Å². The highest BCUT2D eigenvalue weighted by molar-refractivity contribution is 5.77. The van der Waals surface area contributed by atoms with Crippen LogP contribution in [0.1, 0.15) is 46.0 Å². The number of nitrogens with one attached hydrogen (secondary N) is 1. The van der Waals surface area contributed by atoms with Crippen molar-refractivity contribution >= 4 is 5.91 Å². The normalized spacial score (nSPS) is 40.3. The quantitative estimate of drug-likeness (QED) is 0.772. The molecule has 3 saturated carbocycles. The number of fused-ring (bicyclic) bond motifs is 5. The van der Waals surface area contributed by atoms with E-state index in [1.54, 1.807) is 0 Å². The summed E-state index contributed by atoms with van der Waals surface area (Å²) in [5.41, 5.74) is 5.78. The second kappa shape index (κ2) is 5.08. The van der Waals surface area contributed by atoms with Gasteiger partial charge >= 0.3 is 0 Å². The SMILES string of the molecule is CC(C)C[C@H](CN)CC(=O)NC1C2C3CCC(C3)C12. The smallest absolute Gasteiger partial charge is 0.220 e. The Kier molecular flexibility index (Phi) is 3.59. The first-order valence-corrected chi connectivity index (χ1v) is 8.09. The Balaban J connectivity index is 1.45. The van der Waals surface area contributed by atoms with Gasteiger partial charge in [-0.3, -0.25) is 4.79 Å². The van der Waals surface area contributed by atoms with Gasteiger partial charge in [0, 0.05) is 12.5 Å². The van der Waals surface area contributed by atoms with Crippen LogP contribution < -0.4 is 11.1 Å². The predicted molar refractivity (Wildman–Crippen MR) is 76.4 cm³/mol. The zero-order chi connectivity index (χ0) is 13.6. The molecule has 3 N–H and O–H groups in total. The van der Waals surface area contributed by atoms with Crippen molar-refractivity contribution in [1.29, 1.82) is 0 Å². The molecule has 0 spiro atoms. The molecule has 0 aromatic rings. The van der Waals surface area contributed by atoms with E-state index in [-0.39, 0.29) is 5.91 Å². The maximum absolute atomic E-state index is 12.1. The van der Waals surface area contributed by atoms with E-state index in [4.69, 9.17) is 5.73 Å². The number of amides is 1. The van der Waals surface area contributed by atoms with Crippen molar-refractivity contribution in [2.75, 3.05) is 6.54 Å². The molecule has 5 atom stereocenters. The molecule has 3 aliphatic rings. The third-order valence-corrected chi connectivity index (χ3v) is 5.68. The van der Waals surface area contributed by atoms with Crippen LogP contribution in [0.5, 0.6) is 0 Å². The van der Waals surface area contributed by atoms with Crippen LogP contribution in [0, 0.1) is 35.5 Å². The van der Waals surface area contributed by atoms with Gasteiger partial charge in [0.25, 0.3) is 0 Å². The number of hydrogen-bond donors (Lipinski definition) is 2. The van der Waals surface area contributed by atoms with Crippen LogP contribution in [0.3, 0.4) is 0 Å². The maximum Gasteiger partial charge on any atom is 0.220 e. The monoisotopic (exact) mass is 264 g/mol. The van der Waals surface area contributed by atoms with E-state index in [1.165, 1.54) is 19.3 Å². The summed E-state index contributed by atoms with van der Waals surface area (Å²) < 4.78 is 0. The van der Waals surface area contributed by atoms with E-state index in [2.05, 4.69) is 19.2 Å². The molecule has 108 valence electrons. The van der Waals surface area contributed by atoms with Crippen LogP contribution >= 0.6 is 0 Å². The molecule has 1 amide bonds. The first-order valence-electron chi connectivity index (χ1n) is 8.09. The first-order chi connectivity index (χ1) is 9.10. The van der Waals surface area contributed by atoms with Gasteiger partial charge in [-0.05, 0) is 67.7 Å². The average molecular weight is 264 g/mol. The van der Waals surface area contributed by atoms with Crippen molar-refractivity contribution in [2.24, 2.45) is 41.2 Å². The van der Waals surface area contributed by atoms with E-state index in [0.29, 0.717) is 30.8 Å². The second-order valence-electron chi connectivity index (χ2n) is 7.52. The maximum atomic E-state index is 12.1. The van der Waals surface area contributed by atoms with E-state index in [0.717, 1.165) is 30.1 Å². The van der Waals surface area contributed by atoms with Gasteiger partial charge in [-0.25, -0.2) is 0 Å². The number of nitrogens with two attached hydrogens (primary N) is 1. The topological polar surface area (TPSA) is 55.1 Å².